The van der Waals surface area contributed by atoms with E-state index in [9.17, 15) is 9.59 Å². The SMILES string of the molecule is O=C(CCNC(=O)c1ccco1)NC(c1ccccc1)c1ccccn1. The highest BCUT2D eigenvalue weighted by atomic mass is 16.3. The van der Waals surface area contributed by atoms with Gasteiger partial charge in [0.15, 0.2) is 5.76 Å². The molecule has 132 valence electrons. The highest BCUT2D eigenvalue weighted by Crippen LogP contribution is 2.19. The Balaban J connectivity index is 1.60. The Morgan fingerprint density at radius 2 is 1.81 bits per heavy atom. The van der Waals surface area contributed by atoms with Gasteiger partial charge >= 0.3 is 0 Å². The van der Waals surface area contributed by atoms with Gasteiger partial charge < -0.3 is 15.1 Å². The van der Waals surface area contributed by atoms with E-state index >= 15 is 0 Å². The summed E-state index contributed by atoms with van der Waals surface area (Å²) >= 11 is 0. The summed E-state index contributed by atoms with van der Waals surface area (Å²) in [6.45, 7) is 0.217. The van der Waals surface area contributed by atoms with E-state index in [4.69, 9.17) is 4.42 Å². The zero-order valence-electron chi connectivity index (χ0n) is 14.1. The standard InChI is InChI=1S/C20H19N3O3/c24-18(11-13-22-20(25)17-10-6-14-26-17)23-19(15-7-2-1-3-8-15)16-9-4-5-12-21-16/h1-10,12,14,19H,11,13H2,(H,22,25)(H,23,24). The smallest absolute Gasteiger partial charge is 0.286 e. The Bertz CT molecular complexity index is 794. The molecule has 26 heavy (non-hydrogen) atoms. The van der Waals surface area contributed by atoms with Crippen molar-refractivity contribution in [3.8, 4) is 0 Å². The van der Waals surface area contributed by atoms with Crippen molar-refractivity contribution in [2.24, 2.45) is 0 Å². The van der Waals surface area contributed by atoms with Gasteiger partial charge in [-0.2, -0.15) is 0 Å². The highest BCUT2D eigenvalue weighted by molar-refractivity contribution is 5.91. The molecule has 0 saturated carbocycles. The number of amides is 2. The number of carbonyl (C=O) groups excluding carboxylic acids is 2. The number of aromatic nitrogens is 1. The van der Waals surface area contributed by atoms with Crippen LogP contribution in [0.15, 0.2) is 77.5 Å². The average molecular weight is 349 g/mol. The summed E-state index contributed by atoms with van der Waals surface area (Å²) < 4.78 is 5.01. The molecule has 0 aliphatic heterocycles. The van der Waals surface area contributed by atoms with Gasteiger partial charge in [-0.25, -0.2) is 0 Å². The molecule has 0 saturated heterocycles. The monoisotopic (exact) mass is 349 g/mol. The van der Waals surface area contributed by atoms with Crippen LogP contribution in [0.25, 0.3) is 0 Å². The molecule has 1 atom stereocenters. The van der Waals surface area contributed by atoms with E-state index in [1.807, 2.05) is 48.5 Å². The van der Waals surface area contributed by atoms with Crippen LogP contribution in [0.4, 0.5) is 0 Å². The summed E-state index contributed by atoms with van der Waals surface area (Å²) in [5, 5.41) is 5.64. The molecule has 0 aliphatic carbocycles. The molecule has 6 heteroatoms. The maximum atomic E-state index is 12.4. The van der Waals surface area contributed by atoms with Crippen molar-refractivity contribution in [3.63, 3.8) is 0 Å². The molecule has 2 heterocycles. The van der Waals surface area contributed by atoms with Crippen molar-refractivity contribution in [3.05, 3.63) is 90.1 Å². The molecule has 6 nitrogen and oxygen atoms in total. The second-order valence-corrected chi connectivity index (χ2v) is 5.65. The van der Waals surface area contributed by atoms with E-state index in [0.29, 0.717) is 0 Å². The first-order chi connectivity index (χ1) is 12.7. The molecular weight excluding hydrogens is 330 g/mol. The molecule has 0 bridgehead atoms. The summed E-state index contributed by atoms with van der Waals surface area (Å²) in [6, 6.07) is 18.1. The quantitative estimate of drug-likeness (QED) is 0.687. The van der Waals surface area contributed by atoms with Crippen LogP contribution in [0.5, 0.6) is 0 Å². The highest BCUT2D eigenvalue weighted by Gasteiger charge is 2.18. The molecule has 2 amide bonds. The zero-order chi connectivity index (χ0) is 18.2. The van der Waals surface area contributed by atoms with Crippen molar-refractivity contribution in [1.82, 2.24) is 15.6 Å². The van der Waals surface area contributed by atoms with Crippen LogP contribution < -0.4 is 10.6 Å². The molecule has 2 N–H and O–H groups in total. The maximum absolute atomic E-state index is 12.4. The van der Waals surface area contributed by atoms with Gasteiger partial charge in [-0.3, -0.25) is 14.6 Å². The lowest BCUT2D eigenvalue weighted by Gasteiger charge is -2.19. The summed E-state index contributed by atoms with van der Waals surface area (Å²) in [4.78, 5) is 28.5. The van der Waals surface area contributed by atoms with E-state index in [0.717, 1.165) is 11.3 Å². The molecule has 0 spiro atoms. The zero-order valence-corrected chi connectivity index (χ0v) is 14.1. The van der Waals surface area contributed by atoms with Gasteiger partial charge in [0.05, 0.1) is 18.0 Å². The topological polar surface area (TPSA) is 84.2 Å². The van der Waals surface area contributed by atoms with Gasteiger partial charge in [-0.05, 0) is 29.8 Å². The Hall–Kier alpha value is -3.41. The predicted octanol–water partition coefficient (Wildman–Crippen LogP) is 2.70. The van der Waals surface area contributed by atoms with E-state index in [1.165, 1.54) is 6.26 Å². The summed E-state index contributed by atoms with van der Waals surface area (Å²) in [5.41, 5.74) is 1.70. The Morgan fingerprint density at radius 1 is 1.00 bits per heavy atom. The van der Waals surface area contributed by atoms with Crippen LogP contribution in [-0.2, 0) is 4.79 Å². The second kappa shape index (κ2) is 8.62. The molecular formula is C20H19N3O3. The molecule has 1 aromatic carbocycles. The van der Waals surface area contributed by atoms with Crippen molar-refractivity contribution >= 4 is 11.8 Å². The maximum Gasteiger partial charge on any atom is 0.286 e. The lowest BCUT2D eigenvalue weighted by atomic mass is 10.0. The van der Waals surface area contributed by atoms with Gasteiger partial charge in [0.2, 0.25) is 5.91 Å². The molecule has 0 aliphatic rings. The fourth-order valence-corrected chi connectivity index (χ4v) is 2.54. The van der Waals surface area contributed by atoms with Crippen molar-refractivity contribution < 1.29 is 14.0 Å². The minimum Gasteiger partial charge on any atom is -0.459 e. The van der Waals surface area contributed by atoms with Gasteiger partial charge in [0, 0.05) is 19.2 Å². The molecule has 2 aromatic heterocycles. The molecule has 1 unspecified atom stereocenters. The van der Waals surface area contributed by atoms with E-state index in [-0.39, 0.29) is 36.6 Å². The van der Waals surface area contributed by atoms with Crippen molar-refractivity contribution in [2.75, 3.05) is 6.54 Å². The Labute approximate surface area is 151 Å². The van der Waals surface area contributed by atoms with Gasteiger partial charge in [0.25, 0.3) is 5.91 Å². The van der Waals surface area contributed by atoms with E-state index in [2.05, 4.69) is 15.6 Å². The summed E-state index contributed by atoms with van der Waals surface area (Å²) in [6.07, 6.45) is 3.28. The fraction of sp³-hybridized carbons (Fsp3) is 0.150. The minimum atomic E-state index is -0.342. The second-order valence-electron chi connectivity index (χ2n) is 5.65. The molecule has 3 aromatic rings. The number of benzene rings is 1. The summed E-state index contributed by atoms with van der Waals surface area (Å²) in [7, 11) is 0. The number of nitrogens with one attached hydrogen (secondary N) is 2. The third-order valence-corrected chi connectivity index (χ3v) is 3.80. The first kappa shape index (κ1) is 17.4. The minimum absolute atomic E-state index is 0.155. The van der Waals surface area contributed by atoms with Crippen LogP contribution in [0.1, 0.15) is 34.3 Å². The van der Waals surface area contributed by atoms with Crippen molar-refractivity contribution in [1.29, 1.82) is 0 Å². The van der Waals surface area contributed by atoms with Crippen LogP contribution in [0.3, 0.4) is 0 Å². The van der Waals surface area contributed by atoms with E-state index in [1.54, 1.807) is 18.3 Å². The van der Waals surface area contributed by atoms with Gasteiger partial charge in [-0.1, -0.05) is 36.4 Å². The predicted molar refractivity (Wildman–Crippen MR) is 96.3 cm³/mol. The van der Waals surface area contributed by atoms with Crippen LogP contribution in [-0.4, -0.2) is 23.3 Å². The lowest BCUT2D eigenvalue weighted by molar-refractivity contribution is -0.121. The Kier molecular flexibility index (Phi) is 5.77. The fourth-order valence-electron chi connectivity index (χ4n) is 2.54. The van der Waals surface area contributed by atoms with Crippen LogP contribution in [0.2, 0.25) is 0 Å². The lowest BCUT2D eigenvalue weighted by Crippen LogP contribution is -2.33. The average Bonchev–Trinajstić information content (AvgIpc) is 3.22. The number of nitrogens with zero attached hydrogens (tertiary/aromatic N) is 1. The number of rotatable bonds is 7. The summed E-state index contributed by atoms with van der Waals surface area (Å²) in [5.74, 6) is -0.294. The largest absolute Gasteiger partial charge is 0.459 e. The van der Waals surface area contributed by atoms with Gasteiger partial charge in [0.1, 0.15) is 0 Å². The first-order valence-electron chi connectivity index (χ1n) is 8.31. The van der Waals surface area contributed by atoms with Crippen LogP contribution in [0, 0.1) is 0 Å². The molecule has 3 rings (SSSR count). The third-order valence-electron chi connectivity index (χ3n) is 3.80. The first-order valence-corrected chi connectivity index (χ1v) is 8.31. The van der Waals surface area contributed by atoms with Gasteiger partial charge in [-0.15, -0.1) is 0 Å². The van der Waals surface area contributed by atoms with Crippen molar-refractivity contribution in [2.45, 2.75) is 12.5 Å². The number of hydrogen-bond acceptors (Lipinski definition) is 4. The number of furan rings is 1. The number of carbonyl (C=O) groups is 2. The van der Waals surface area contributed by atoms with E-state index < -0.39 is 0 Å². The third kappa shape index (κ3) is 4.57. The number of pyridine rings is 1. The van der Waals surface area contributed by atoms with Crippen LogP contribution >= 0.6 is 0 Å². The molecule has 0 radical (unpaired) electrons. The molecule has 0 fully saturated rings. The normalized spacial score (nSPS) is 11.5. The number of hydrogen-bond donors (Lipinski definition) is 2. The Morgan fingerprint density at radius 3 is 2.50 bits per heavy atom.